The van der Waals surface area contributed by atoms with E-state index in [0.29, 0.717) is 6.54 Å². The van der Waals surface area contributed by atoms with Gasteiger partial charge in [-0.25, -0.2) is 0 Å². The van der Waals surface area contributed by atoms with Gasteiger partial charge in [0.05, 0.1) is 4.83 Å². The van der Waals surface area contributed by atoms with Crippen LogP contribution in [0.5, 0.6) is 0 Å². The van der Waals surface area contributed by atoms with Gasteiger partial charge in [0.1, 0.15) is 4.83 Å². The molecule has 0 saturated carbocycles. The molecule has 0 aromatic heterocycles. The summed E-state index contributed by atoms with van der Waals surface area (Å²) in [6.07, 6.45) is 0. The lowest BCUT2D eigenvalue weighted by Crippen LogP contribution is -2.32. The van der Waals surface area contributed by atoms with Crippen molar-refractivity contribution in [2.24, 2.45) is 0 Å². The molecule has 0 aliphatic heterocycles. The van der Waals surface area contributed by atoms with E-state index >= 15 is 0 Å². The summed E-state index contributed by atoms with van der Waals surface area (Å²) in [5, 5.41) is 2.95. The molecule has 2 unspecified atom stereocenters. The van der Waals surface area contributed by atoms with Crippen LogP contribution in [0.4, 0.5) is 0 Å². The van der Waals surface area contributed by atoms with Crippen LogP contribution in [-0.2, 0) is 11.3 Å². The van der Waals surface area contributed by atoms with Crippen LogP contribution >= 0.6 is 31.9 Å². The van der Waals surface area contributed by atoms with Crippen LogP contribution in [0.2, 0.25) is 0 Å². The fourth-order valence-corrected chi connectivity index (χ4v) is 2.94. The van der Waals surface area contributed by atoms with Gasteiger partial charge in [0.15, 0.2) is 0 Å². The Kier molecular flexibility index (Phi) is 6.00. The number of nitrogens with one attached hydrogen (secondary N) is 1. The van der Waals surface area contributed by atoms with E-state index in [1.54, 1.807) is 0 Å². The predicted octanol–water partition coefficient (Wildman–Crippen LogP) is 4.51. The van der Waals surface area contributed by atoms with E-state index in [9.17, 15) is 4.79 Å². The highest BCUT2D eigenvalue weighted by Gasteiger charge is 2.24. The van der Waals surface area contributed by atoms with Crippen molar-refractivity contribution in [3.05, 3.63) is 71.3 Å². The van der Waals surface area contributed by atoms with Crippen LogP contribution in [0.25, 0.3) is 0 Å². The Morgan fingerprint density at radius 3 is 2.29 bits per heavy atom. The summed E-state index contributed by atoms with van der Waals surface area (Å²) in [7, 11) is 0. The van der Waals surface area contributed by atoms with Crippen molar-refractivity contribution in [1.29, 1.82) is 0 Å². The van der Waals surface area contributed by atoms with Gasteiger partial charge in [-0.1, -0.05) is 92.0 Å². The second-order valence-electron chi connectivity index (χ2n) is 4.92. The molecule has 2 nitrogen and oxygen atoms in total. The van der Waals surface area contributed by atoms with Gasteiger partial charge < -0.3 is 5.32 Å². The molecule has 0 aliphatic rings. The summed E-state index contributed by atoms with van der Waals surface area (Å²) in [6, 6.07) is 18.0. The molecular formula is C17H17Br2NO. The molecule has 2 aromatic carbocycles. The molecule has 4 heteroatoms. The average Bonchev–Trinajstić information content (AvgIpc) is 2.53. The fourth-order valence-electron chi connectivity index (χ4n) is 1.93. The van der Waals surface area contributed by atoms with Crippen LogP contribution < -0.4 is 5.32 Å². The molecule has 0 bridgehead atoms. The fraction of sp³-hybridized carbons (Fsp3) is 0.235. The van der Waals surface area contributed by atoms with Crippen LogP contribution in [-0.4, -0.2) is 10.7 Å². The van der Waals surface area contributed by atoms with E-state index in [-0.39, 0.29) is 15.6 Å². The lowest BCUT2D eigenvalue weighted by atomic mass is 10.1. The van der Waals surface area contributed by atoms with E-state index in [1.165, 1.54) is 5.56 Å². The lowest BCUT2D eigenvalue weighted by molar-refractivity contribution is -0.120. The largest absolute Gasteiger partial charge is 0.351 e. The van der Waals surface area contributed by atoms with Gasteiger partial charge >= 0.3 is 0 Å². The first kappa shape index (κ1) is 16.2. The number of aryl methyl sites for hydroxylation is 1. The van der Waals surface area contributed by atoms with Crippen molar-refractivity contribution in [2.45, 2.75) is 23.1 Å². The minimum atomic E-state index is -0.314. The number of hydrogen-bond donors (Lipinski definition) is 1. The maximum Gasteiger partial charge on any atom is 0.235 e. The van der Waals surface area contributed by atoms with Gasteiger partial charge in [-0.15, -0.1) is 0 Å². The third-order valence-corrected chi connectivity index (χ3v) is 5.92. The third-order valence-electron chi connectivity index (χ3n) is 3.21. The highest BCUT2D eigenvalue weighted by atomic mass is 79.9. The van der Waals surface area contributed by atoms with E-state index in [4.69, 9.17) is 0 Å². The summed E-state index contributed by atoms with van der Waals surface area (Å²) in [4.78, 5) is 11.8. The lowest BCUT2D eigenvalue weighted by Gasteiger charge is -2.17. The second kappa shape index (κ2) is 7.76. The highest BCUT2D eigenvalue weighted by molar-refractivity contribution is 9.12. The number of benzene rings is 2. The number of amides is 1. The molecule has 2 atom stereocenters. The molecule has 2 aromatic rings. The van der Waals surface area contributed by atoms with Crippen molar-refractivity contribution in [3.8, 4) is 0 Å². The summed E-state index contributed by atoms with van der Waals surface area (Å²) in [5.74, 6) is -0.0266. The van der Waals surface area contributed by atoms with Crippen LogP contribution in [0.15, 0.2) is 54.6 Å². The molecule has 110 valence electrons. The summed E-state index contributed by atoms with van der Waals surface area (Å²) < 4.78 is 0. The first-order valence-corrected chi connectivity index (χ1v) is 8.57. The average molecular weight is 411 g/mol. The van der Waals surface area contributed by atoms with Crippen LogP contribution in [0.1, 0.15) is 21.5 Å². The third kappa shape index (κ3) is 4.68. The van der Waals surface area contributed by atoms with Gasteiger partial charge in [0.2, 0.25) is 5.91 Å². The Morgan fingerprint density at radius 1 is 1.05 bits per heavy atom. The van der Waals surface area contributed by atoms with Crippen molar-refractivity contribution in [3.63, 3.8) is 0 Å². The standard InChI is InChI=1S/C17H17Br2NO/c1-12-7-9-13(10-8-12)11-20-17(21)16(19)15(18)14-5-3-2-4-6-14/h2-10,15-16H,11H2,1H3,(H,20,21). The molecule has 0 aliphatic carbocycles. The van der Waals surface area contributed by atoms with E-state index in [1.807, 2.05) is 61.5 Å². The number of carbonyl (C=O) groups is 1. The Morgan fingerprint density at radius 2 is 1.67 bits per heavy atom. The molecule has 21 heavy (non-hydrogen) atoms. The van der Waals surface area contributed by atoms with Gasteiger partial charge in [-0.2, -0.15) is 0 Å². The first-order valence-electron chi connectivity index (χ1n) is 6.74. The Bertz CT molecular complexity index is 583. The minimum Gasteiger partial charge on any atom is -0.351 e. The smallest absolute Gasteiger partial charge is 0.235 e. The molecule has 1 amide bonds. The number of halogens is 2. The highest BCUT2D eigenvalue weighted by Crippen LogP contribution is 2.31. The van der Waals surface area contributed by atoms with Gasteiger partial charge in [-0.05, 0) is 18.1 Å². The number of alkyl halides is 2. The van der Waals surface area contributed by atoms with Gasteiger partial charge in [-0.3, -0.25) is 4.79 Å². The SMILES string of the molecule is Cc1ccc(CNC(=O)C(Br)C(Br)c2ccccc2)cc1. The quantitative estimate of drug-likeness (QED) is 0.721. The Balaban J connectivity index is 1.92. The molecule has 1 N–H and O–H groups in total. The number of rotatable bonds is 5. The zero-order valence-electron chi connectivity index (χ0n) is 11.7. The van der Waals surface area contributed by atoms with E-state index in [0.717, 1.165) is 11.1 Å². The van der Waals surface area contributed by atoms with Crippen molar-refractivity contribution in [1.82, 2.24) is 5.32 Å². The molecule has 0 spiro atoms. The second-order valence-corrected chi connectivity index (χ2v) is 6.89. The number of carbonyl (C=O) groups excluding carboxylic acids is 1. The Hall–Kier alpha value is -1.13. The monoisotopic (exact) mass is 409 g/mol. The predicted molar refractivity (Wildman–Crippen MR) is 93.9 cm³/mol. The molecule has 0 radical (unpaired) electrons. The zero-order valence-corrected chi connectivity index (χ0v) is 14.9. The number of hydrogen-bond acceptors (Lipinski definition) is 1. The summed E-state index contributed by atoms with van der Waals surface area (Å²) in [5.41, 5.74) is 3.39. The zero-order chi connectivity index (χ0) is 15.2. The van der Waals surface area contributed by atoms with Crippen molar-refractivity contribution < 1.29 is 4.79 Å². The minimum absolute atomic E-state index is 0.0266. The van der Waals surface area contributed by atoms with Crippen LogP contribution in [0, 0.1) is 6.92 Å². The molecule has 0 fully saturated rings. The molecule has 0 heterocycles. The molecule has 0 saturated heterocycles. The van der Waals surface area contributed by atoms with Crippen molar-refractivity contribution >= 4 is 37.8 Å². The van der Waals surface area contributed by atoms with Crippen LogP contribution in [0.3, 0.4) is 0 Å². The normalized spacial score (nSPS) is 13.5. The summed E-state index contributed by atoms with van der Waals surface area (Å²) in [6.45, 7) is 2.59. The summed E-state index contributed by atoms with van der Waals surface area (Å²) >= 11 is 7.05. The maximum atomic E-state index is 12.2. The van der Waals surface area contributed by atoms with Crippen molar-refractivity contribution in [2.75, 3.05) is 0 Å². The van der Waals surface area contributed by atoms with Gasteiger partial charge in [0, 0.05) is 6.54 Å². The molecular weight excluding hydrogens is 394 g/mol. The van der Waals surface area contributed by atoms with Gasteiger partial charge in [0.25, 0.3) is 0 Å². The molecule has 2 rings (SSSR count). The topological polar surface area (TPSA) is 29.1 Å². The Labute approximate surface area is 142 Å². The van der Waals surface area contributed by atoms with E-state index < -0.39 is 0 Å². The first-order chi connectivity index (χ1) is 10.1. The van der Waals surface area contributed by atoms with E-state index in [2.05, 4.69) is 37.2 Å². The maximum absolute atomic E-state index is 12.2.